The van der Waals surface area contributed by atoms with Gasteiger partial charge in [-0.05, 0) is 34.5 Å². The lowest BCUT2D eigenvalue weighted by Crippen LogP contribution is -2.58. The molecule has 0 fully saturated rings. The van der Waals surface area contributed by atoms with Gasteiger partial charge in [-0.1, -0.05) is 11.6 Å². The van der Waals surface area contributed by atoms with Gasteiger partial charge >= 0.3 is 0 Å². The van der Waals surface area contributed by atoms with Crippen LogP contribution in [-0.2, 0) is 0 Å². The highest BCUT2D eigenvalue weighted by atomic mass is 79.9. The van der Waals surface area contributed by atoms with E-state index < -0.39 is 11.0 Å². The number of fused-ring (bicyclic) bond motifs is 1. The average molecular weight is 284 g/mol. The van der Waals surface area contributed by atoms with Crippen LogP contribution < -0.4 is 5.32 Å². The third kappa shape index (κ3) is 1.30. The second-order valence-electron chi connectivity index (χ2n) is 2.88. The normalized spacial score (nSPS) is 37.2. The van der Waals surface area contributed by atoms with Gasteiger partial charge < -0.3 is 5.32 Å². The Morgan fingerprint density at radius 3 is 2.92 bits per heavy atom. The first-order chi connectivity index (χ1) is 6.04. The lowest BCUT2D eigenvalue weighted by Gasteiger charge is -2.31. The van der Waals surface area contributed by atoms with Crippen LogP contribution in [0.4, 0.5) is 0 Å². The lowest BCUT2D eigenvalue weighted by atomic mass is 9.97. The predicted molar refractivity (Wildman–Crippen MR) is 58.3 cm³/mol. The maximum atomic E-state index is 5.93. The van der Waals surface area contributed by atoms with Gasteiger partial charge in [0, 0.05) is 0 Å². The molecule has 0 amide bonds. The minimum atomic E-state index is -0.544. The maximum Gasteiger partial charge on any atom is 0.194 e. The Balaban J connectivity index is 2.46. The largest absolute Gasteiger partial charge is 0.344 e. The summed E-state index contributed by atoms with van der Waals surface area (Å²) in [6.45, 7) is 1.89. The molecule has 1 N–H and O–H groups in total. The summed E-state index contributed by atoms with van der Waals surface area (Å²) in [4.78, 5) is 3.92. The number of alkyl halides is 1. The fraction of sp³-hybridized carbons (Fsp3) is 0.500. The van der Waals surface area contributed by atoms with E-state index in [1.807, 2.05) is 6.92 Å². The van der Waals surface area contributed by atoms with Crippen LogP contribution in [-0.4, -0.2) is 26.7 Å². The highest BCUT2D eigenvalue weighted by Gasteiger charge is 2.45. The molecule has 0 saturated heterocycles. The zero-order valence-electron chi connectivity index (χ0n) is 6.55. The molecule has 13 heavy (non-hydrogen) atoms. The number of nitrogens with one attached hydrogen (secondary N) is 1. The first-order valence-electron chi connectivity index (χ1n) is 3.51. The summed E-state index contributed by atoms with van der Waals surface area (Å²) in [5.74, 6) is 0. The maximum absolute atomic E-state index is 5.93. The first-order valence-corrected chi connectivity index (χ1v) is 5.12. The van der Waals surface area contributed by atoms with Gasteiger partial charge in [-0.2, -0.15) is 5.10 Å². The summed E-state index contributed by atoms with van der Waals surface area (Å²) in [5.41, 5.74) is -0.423. The van der Waals surface area contributed by atoms with Crippen LogP contribution in [0.5, 0.6) is 0 Å². The molecule has 2 rings (SSSR count). The molecular formula is C6H5BrCl2N4. The van der Waals surface area contributed by atoms with Gasteiger partial charge in [0.25, 0.3) is 0 Å². The molecule has 2 aliphatic rings. The highest BCUT2D eigenvalue weighted by molar-refractivity contribution is 9.18. The molecule has 0 saturated carbocycles. The minimum absolute atomic E-state index is 0.274. The van der Waals surface area contributed by atoms with Crippen molar-refractivity contribution >= 4 is 54.8 Å². The van der Waals surface area contributed by atoms with E-state index in [4.69, 9.17) is 23.2 Å². The fourth-order valence-electron chi connectivity index (χ4n) is 1.20. The molecular weight excluding hydrogens is 279 g/mol. The SMILES string of the molecule is CC12NC(Cl)=NC(Cl)C1=NN=C2Br. The molecule has 2 heterocycles. The van der Waals surface area contributed by atoms with Gasteiger partial charge in [0.15, 0.2) is 10.8 Å². The van der Waals surface area contributed by atoms with E-state index in [0.717, 1.165) is 0 Å². The molecule has 0 radical (unpaired) electrons. The molecule has 2 atom stereocenters. The summed E-state index contributed by atoms with van der Waals surface area (Å²) >= 11 is 15.0. The van der Waals surface area contributed by atoms with E-state index >= 15 is 0 Å². The van der Waals surface area contributed by atoms with Crippen molar-refractivity contribution in [1.29, 1.82) is 0 Å². The van der Waals surface area contributed by atoms with E-state index in [1.165, 1.54) is 0 Å². The molecule has 7 heteroatoms. The smallest absolute Gasteiger partial charge is 0.194 e. The van der Waals surface area contributed by atoms with E-state index in [2.05, 4.69) is 36.4 Å². The van der Waals surface area contributed by atoms with Crippen molar-refractivity contribution in [2.24, 2.45) is 15.2 Å². The molecule has 2 unspecified atom stereocenters. The van der Waals surface area contributed by atoms with Crippen molar-refractivity contribution in [3.8, 4) is 0 Å². The van der Waals surface area contributed by atoms with Crippen molar-refractivity contribution in [1.82, 2.24) is 5.32 Å². The zero-order chi connectivity index (χ0) is 9.64. The first kappa shape index (κ1) is 9.43. The van der Waals surface area contributed by atoms with E-state index in [-0.39, 0.29) is 5.29 Å². The predicted octanol–water partition coefficient (Wildman–Crippen LogP) is 1.67. The summed E-state index contributed by atoms with van der Waals surface area (Å²) < 4.78 is 0.661. The summed E-state index contributed by atoms with van der Waals surface area (Å²) in [6, 6.07) is 0. The standard InChI is InChI=1S/C6H5BrCl2N4/c1-6-2(12-13-4(6)7)3(8)10-5(9)11-6/h3H,1H3,(H,10,11). The van der Waals surface area contributed by atoms with Crippen molar-refractivity contribution in [2.75, 3.05) is 0 Å². The van der Waals surface area contributed by atoms with Gasteiger partial charge in [-0.3, -0.25) is 0 Å². The van der Waals surface area contributed by atoms with Crippen LogP contribution in [0.2, 0.25) is 0 Å². The van der Waals surface area contributed by atoms with E-state index in [0.29, 0.717) is 10.3 Å². The molecule has 4 nitrogen and oxygen atoms in total. The molecule has 0 aliphatic carbocycles. The van der Waals surface area contributed by atoms with Crippen molar-refractivity contribution < 1.29 is 0 Å². The Morgan fingerprint density at radius 2 is 2.23 bits per heavy atom. The second-order valence-corrected chi connectivity index (χ2v) is 4.40. The van der Waals surface area contributed by atoms with Crippen molar-refractivity contribution in [2.45, 2.75) is 18.0 Å². The molecule has 2 aliphatic heterocycles. The molecule has 0 spiro atoms. The number of nitrogens with zero attached hydrogens (tertiary/aromatic N) is 3. The Kier molecular flexibility index (Phi) is 2.13. The molecule has 0 aromatic rings. The van der Waals surface area contributed by atoms with Crippen molar-refractivity contribution in [3.63, 3.8) is 0 Å². The third-order valence-electron chi connectivity index (χ3n) is 1.98. The van der Waals surface area contributed by atoms with Gasteiger partial charge in [0.05, 0.1) is 0 Å². The number of hydrogen-bond acceptors (Lipinski definition) is 4. The van der Waals surface area contributed by atoms with Gasteiger partial charge in [0.1, 0.15) is 15.9 Å². The Hall–Kier alpha value is -0.130. The summed E-state index contributed by atoms with van der Waals surface area (Å²) in [6.07, 6.45) is 0. The number of hydrogen-bond donors (Lipinski definition) is 1. The minimum Gasteiger partial charge on any atom is -0.344 e. The average Bonchev–Trinajstić information content (AvgIpc) is 2.27. The van der Waals surface area contributed by atoms with Gasteiger partial charge in [0.2, 0.25) is 0 Å². The zero-order valence-corrected chi connectivity index (χ0v) is 9.65. The fourth-order valence-corrected chi connectivity index (χ4v) is 2.28. The van der Waals surface area contributed by atoms with Crippen LogP contribution in [0.25, 0.3) is 0 Å². The third-order valence-corrected chi connectivity index (χ3v) is 3.42. The Bertz CT molecular complexity index is 351. The monoisotopic (exact) mass is 282 g/mol. The van der Waals surface area contributed by atoms with Crippen LogP contribution in [0.3, 0.4) is 0 Å². The lowest BCUT2D eigenvalue weighted by molar-refractivity contribution is 0.718. The van der Waals surface area contributed by atoms with E-state index in [9.17, 15) is 0 Å². The number of amidine groups is 1. The highest BCUT2D eigenvalue weighted by Crippen LogP contribution is 2.28. The number of rotatable bonds is 0. The molecule has 70 valence electrons. The molecule has 0 aromatic heterocycles. The van der Waals surface area contributed by atoms with Crippen LogP contribution in [0, 0.1) is 0 Å². The van der Waals surface area contributed by atoms with Crippen LogP contribution >= 0.6 is 39.1 Å². The van der Waals surface area contributed by atoms with Gasteiger partial charge in [-0.15, -0.1) is 5.10 Å². The van der Waals surface area contributed by atoms with Gasteiger partial charge in [-0.25, -0.2) is 4.99 Å². The van der Waals surface area contributed by atoms with E-state index in [1.54, 1.807) is 0 Å². The number of halogens is 3. The summed E-state index contributed by atoms with van der Waals surface area (Å²) in [7, 11) is 0. The topological polar surface area (TPSA) is 49.1 Å². The molecule has 0 bridgehead atoms. The van der Waals surface area contributed by atoms with Crippen LogP contribution in [0.1, 0.15) is 6.92 Å². The Labute approximate surface area is 93.2 Å². The summed E-state index contributed by atoms with van der Waals surface area (Å²) in [5, 5.41) is 11.0. The quantitative estimate of drug-likeness (QED) is 0.534. The Morgan fingerprint density at radius 1 is 1.54 bits per heavy atom. The van der Waals surface area contributed by atoms with Crippen LogP contribution in [0.15, 0.2) is 15.2 Å². The molecule has 0 aromatic carbocycles. The number of aliphatic imine (C=N–C) groups is 1. The second kappa shape index (κ2) is 2.93. The van der Waals surface area contributed by atoms with Crippen molar-refractivity contribution in [3.05, 3.63) is 0 Å².